The van der Waals surface area contributed by atoms with Crippen molar-refractivity contribution in [2.75, 3.05) is 32.9 Å². The minimum Gasteiger partial charge on any atom is -0.397 e. The third kappa shape index (κ3) is 3.54. The number of carbonyl (C=O) groups excluding carboxylic acids is 1. The molecular weight excluding hydrogens is 290 g/mol. The third-order valence-electron chi connectivity index (χ3n) is 3.37. The lowest BCUT2D eigenvalue weighted by Gasteiger charge is -2.24. The molecule has 0 bridgehead atoms. The summed E-state index contributed by atoms with van der Waals surface area (Å²) < 4.78 is 26.7. The van der Waals surface area contributed by atoms with Crippen LogP contribution in [0.1, 0.15) is 18.1 Å². The van der Waals surface area contributed by atoms with Gasteiger partial charge in [-0.1, -0.05) is 19.1 Å². The number of nitrogen functional groups attached to an aromatic ring is 1. The van der Waals surface area contributed by atoms with Gasteiger partial charge < -0.3 is 10.6 Å². The van der Waals surface area contributed by atoms with E-state index in [4.69, 9.17) is 5.73 Å². The molecule has 0 atom stereocenters. The summed E-state index contributed by atoms with van der Waals surface area (Å²) in [7, 11) is -0.618. The van der Waals surface area contributed by atoms with Gasteiger partial charge in [0.05, 0.1) is 12.2 Å². The number of sulfonamides is 1. The molecule has 1 aromatic carbocycles. The van der Waals surface area contributed by atoms with Gasteiger partial charge in [0.25, 0.3) is 0 Å². The maximum atomic E-state index is 12.8. The van der Waals surface area contributed by atoms with Gasteiger partial charge >= 0.3 is 0 Å². The molecule has 6 nitrogen and oxygen atoms in total. The highest BCUT2D eigenvalue weighted by molar-refractivity contribution is 7.89. The molecule has 1 amide bonds. The van der Waals surface area contributed by atoms with E-state index in [2.05, 4.69) is 0 Å². The smallest absolute Gasteiger partial charge is 0.245 e. The van der Waals surface area contributed by atoms with Crippen molar-refractivity contribution in [3.63, 3.8) is 0 Å². The monoisotopic (exact) mass is 313 g/mol. The molecule has 0 aliphatic carbocycles. The molecule has 0 saturated heterocycles. The van der Waals surface area contributed by atoms with Crippen LogP contribution in [0.15, 0.2) is 17.0 Å². The summed E-state index contributed by atoms with van der Waals surface area (Å²) in [4.78, 5) is 13.3. The van der Waals surface area contributed by atoms with Crippen molar-refractivity contribution in [3.05, 3.63) is 23.3 Å². The lowest BCUT2D eigenvalue weighted by atomic mass is 10.1. The quantitative estimate of drug-likeness (QED) is 0.822. The van der Waals surface area contributed by atoms with Gasteiger partial charge in [-0.05, 0) is 25.0 Å². The van der Waals surface area contributed by atoms with Crippen LogP contribution in [-0.2, 0) is 14.8 Å². The predicted molar refractivity (Wildman–Crippen MR) is 83.5 cm³/mol. The molecule has 0 fully saturated rings. The average molecular weight is 313 g/mol. The van der Waals surface area contributed by atoms with E-state index in [1.54, 1.807) is 47.0 Å². The lowest BCUT2D eigenvalue weighted by Crippen LogP contribution is -2.40. The van der Waals surface area contributed by atoms with Crippen LogP contribution in [0.25, 0.3) is 0 Å². The lowest BCUT2D eigenvalue weighted by molar-refractivity contribution is -0.128. The average Bonchev–Trinajstić information content (AvgIpc) is 2.39. The Morgan fingerprint density at radius 2 is 1.71 bits per heavy atom. The summed E-state index contributed by atoms with van der Waals surface area (Å²) in [6.07, 6.45) is 0. The number of rotatable bonds is 5. The first kappa shape index (κ1) is 17.5. The van der Waals surface area contributed by atoms with Crippen LogP contribution in [0.3, 0.4) is 0 Å². The minimum absolute atomic E-state index is 0.0934. The molecule has 0 spiro atoms. The fourth-order valence-electron chi connectivity index (χ4n) is 1.94. The van der Waals surface area contributed by atoms with Crippen molar-refractivity contribution in [2.24, 2.45) is 0 Å². The van der Waals surface area contributed by atoms with Crippen molar-refractivity contribution in [1.82, 2.24) is 9.21 Å². The number of nitrogens with two attached hydrogens (primary N) is 1. The number of amides is 1. The van der Waals surface area contributed by atoms with Crippen molar-refractivity contribution < 1.29 is 13.2 Å². The molecule has 0 saturated carbocycles. The Kier molecular flexibility index (Phi) is 5.36. The van der Waals surface area contributed by atoms with E-state index in [1.807, 2.05) is 0 Å². The van der Waals surface area contributed by atoms with Gasteiger partial charge in [-0.3, -0.25) is 4.79 Å². The standard InChI is InChI=1S/C14H23N3O3S/c1-6-17(9-12(18)16(4)5)21(19,20)14-11(3)8-7-10(2)13(14)15/h7-8H,6,9,15H2,1-5H3. The number of hydrogen-bond donors (Lipinski definition) is 1. The van der Waals surface area contributed by atoms with E-state index >= 15 is 0 Å². The van der Waals surface area contributed by atoms with E-state index in [0.717, 1.165) is 4.31 Å². The Morgan fingerprint density at radius 1 is 1.19 bits per heavy atom. The molecule has 0 heterocycles. The highest BCUT2D eigenvalue weighted by Gasteiger charge is 2.29. The summed E-state index contributed by atoms with van der Waals surface area (Å²) in [5.74, 6) is -0.274. The molecular formula is C14H23N3O3S. The van der Waals surface area contributed by atoms with E-state index in [1.165, 1.54) is 4.90 Å². The highest BCUT2D eigenvalue weighted by Crippen LogP contribution is 2.28. The van der Waals surface area contributed by atoms with Gasteiger partial charge in [-0.15, -0.1) is 0 Å². The van der Waals surface area contributed by atoms with Gasteiger partial charge in [-0.2, -0.15) is 4.31 Å². The number of anilines is 1. The van der Waals surface area contributed by atoms with Crippen LogP contribution in [0.2, 0.25) is 0 Å². The second-order valence-corrected chi connectivity index (χ2v) is 7.04. The Bertz CT molecular complexity index is 639. The fraction of sp³-hybridized carbons (Fsp3) is 0.500. The largest absolute Gasteiger partial charge is 0.397 e. The Morgan fingerprint density at radius 3 is 2.19 bits per heavy atom. The van der Waals surface area contributed by atoms with Gasteiger partial charge in [-0.25, -0.2) is 8.42 Å². The topological polar surface area (TPSA) is 83.7 Å². The Hall–Kier alpha value is -1.60. The first-order valence-corrected chi connectivity index (χ1v) is 8.12. The van der Waals surface area contributed by atoms with E-state index in [0.29, 0.717) is 11.1 Å². The first-order chi connectivity index (χ1) is 9.62. The number of aryl methyl sites for hydroxylation is 2. The molecule has 1 aromatic rings. The molecule has 0 unspecified atom stereocenters. The molecule has 0 aromatic heterocycles. The zero-order valence-electron chi connectivity index (χ0n) is 13.2. The van der Waals surface area contributed by atoms with Crippen LogP contribution in [-0.4, -0.2) is 50.7 Å². The Balaban J connectivity index is 3.32. The van der Waals surface area contributed by atoms with Crippen LogP contribution in [0, 0.1) is 13.8 Å². The van der Waals surface area contributed by atoms with Crippen molar-refractivity contribution >= 4 is 21.6 Å². The molecule has 1 rings (SSSR count). The summed E-state index contributed by atoms with van der Waals surface area (Å²) in [5, 5.41) is 0. The summed E-state index contributed by atoms with van der Waals surface area (Å²) >= 11 is 0. The first-order valence-electron chi connectivity index (χ1n) is 6.68. The predicted octanol–water partition coefficient (Wildman–Crippen LogP) is 0.984. The van der Waals surface area contributed by atoms with Crippen LogP contribution >= 0.6 is 0 Å². The zero-order valence-corrected chi connectivity index (χ0v) is 14.0. The summed E-state index contributed by atoms with van der Waals surface area (Å²) in [6.45, 7) is 5.16. The number of carbonyl (C=O) groups is 1. The highest BCUT2D eigenvalue weighted by atomic mass is 32.2. The second-order valence-electron chi connectivity index (χ2n) is 5.16. The molecule has 2 N–H and O–H groups in total. The number of likely N-dealkylation sites (N-methyl/N-ethyl adjacent to an activating group) is 2. The van der Waals surface area contributed by atoms with Crippen molar-refractivity contribution in [2.45, 2.75) is 25.7 Å². The van der Waals surface area contributed by atoms with E-state index in [9.17, 15) is 13.2 Å². The zero-order chi connectivity index (χ0) is 16.4. The van der Waals surface area contributed by atoms with Gasteiger partial charge in [0.2, 0.25) is 15.9 Å². The van der Waals surface area contributed by atoms with E-state index < -0.39 is 10.0 Å². The van der Waals surface area contributed by atoms with Crippen LogP contribution in [0.4, 0.5) is 5.69 Å². The SMILES string of the molecule is CCN(CC(=O)N(C)C)S(=O)(=O)c1c(C)ccc(C)c1N. The molecule has 0 aliphatic rings. The van der Waals surface area contributed by atoms with Crippen LogP contribution < -0.4 is 5.73 Å². The summed E-state index contributed by atoms with van der Waals surface area (Å²) in [5.41, 5.74) is 7.47. The molecule has 21 heavy (non-hydrogen) atoms. The van der Waals surface area contributed by atoms with Gasteiger partial charge in [0.1, 0.15) is 4.90 Å². The Labute approximate surface area is 126 Å². The molecule has 0 radical (unpaired) electrons. The fourth-order valence-corrected chi connectivity index (χ4v) is 3.73. The van der Waals surface area contributed by atoms with Crippen molar-refractivity contribution in [3.8, 4) is 0 Å². The molecule has 7 heteroatoms. The van der Waals surface area contributed by atoms with E-state index in [-0.39, 0.29) is 29.6 Å². The normalized spacial score (nSPS) is 11.7. The maximum Gasteiger partial charge on any atom is 0.245 e. The van der Waals surface area contributed by atoms with Gasteiger partial charge in [0.15, 0.2) is 0 Å². The maximum absolute atomic E-state index is 12.8. The third-order valence-corrected chi connectivity index (χ3v) is 5.50. The summed E-state index contributed by atoms with van der Waals surface area (Å²) in [6, 6.07) is 3.51. The number of hydrogen-bond acceptors (Lipinski definition) is 4. The van der Waals surface area contributed by atoms with Crippen molar-refractivity contribution in [1.29, 1.82) is 0 Å². The number of nitrogens with zero attached hydrogens (tertiary/aromatic N) is 2. The van der Waals surface area contributed by atoms with Crippen LogP contribution in [0.5, 0.6) is 0 Å². The number of benzene rings is 1. The molecule has 118 valence electrons. The minimum atomic E-state index is -3.80. The second kappa shape index (κ2) is 6.44. The molecule has 0 aliphatic heterocycles. The van der Waals surface area contributed by atoms with Gasteiger partial charge in [0, 0.05) is 20.6 Å².